The van der Waals surface area contributed by atoms with Gasteiger partial charge in [-0.1, -0.05) is 0 Å². The molecule has 2 heterocycles. The largest absolute Gasteiger partial charge is 0.378 e. The first-order valence-corrected chi connectivity index (χ1v) is 4.49. The molecule has 14 heavy (non-hydrogen) atoms. The van der Waals surface area contributed by atoms with Gasteiger partial charge in [0, 0.05) is 13.1 Å². The molecule has 5 heteroatoms. The third-order valence-electron chi connectivity index (χ3n) is 2.12. The van der Waals surface area contributed by atoms with Crippen molar-refractivity contribution in [3.63, 3.8) is 0 Å². The van der Waals surface area contributed by atoms with Gasteiger partial charge >= 0.3 is 0 Å². The van der Waals surface area contributed by atoms with Crippen LogP contribution in [0, 0.1) is 6.92 Å². The molecule has 78 valence electrons. The standard InChI is InChI=1S/C9H13N3O.H3N/c1-8-2-3-9(11-10-8)12-4-6-13-7-5-12;/h2-3H,4-7H2,1H3;1H3. The van der Waals surface area contributed by atoms with Crippen molar-refractivity contribution in [2.24, 2.45) is 0 Å². The Bertz CT molecular complexity index is 269. The molecular weight excluding hydrogens is 180 g/mol. The Morgan fingerprint density at radius 3 is 2.50 bits per heavy atom. The number of hydrogen-bond donors (Lipinski definition) is 1. The molecule has 0 amide bonds. The zero-order valence-electron chi connectivity index (χ0n) is 8.44. The molecule has 0 aliphatic carbocycles. The van der Waals surface area contributed by atoms with Gasteiger partial charge in [-0.3, -0.25) is 0 Å². The van der Waals surface area contributed by atoms with Gasteiger partial charge in [0.1, 0.15) is 0 Å². The first-order chi connectivity index (χ1) is 6.36. The van der Waals surface area contributed by atoms with E-state index in [0.29, 0.717) is 0 Å². The van der Waals surface area contributed by atoms with Gasteiger partial charge in [0.25, 0.3) is 0 Å². The van der Waals surface area contributed by atoms with Crippen LogP contribution in [0.4, 0.5) is 5.82 Å². The van der Waals surface area contributed by atoms with E-state index in [2.05, 4.69) is 15.1 Å². The average molecular weight is 196 g/mol. The lowest BCUT2D eigenvalue weighted by Crippen LogP contribution is -2.36. The summed E-state index contributed by atoms with van der Waals surface area (Å²) in [5.41, 5.74) is 0.956. The van der Waals surface area contributed by atoms with Gasteiger partial charge in [-0.25, -0.2) is 0 Å². The second-order valence-electron chi connectivity index (χ2n) is 3.13. The molecule has 0 saturated carbocycles. The Labute approximate surface area is 83.7 Å². The van der Waals surface area contributed by atoms with Crippen molar-refractivity contribution in [2.75, 3.05) is 31.2 Å². The first kappa shape index (κ1) is 10.9. The number of morpholine rings is 1. The minimum absolute atomic E-state index is 0. The van der Waals surface area contributed by atoms with E-state index in [1.807, 2.05) is 19.1 Å². The van der Waals surface area contributed by atoms with Crippen molar-refractivity contribution in [2.45, 2.75) is 6.92 Å². The third-order valence-corrected chi connectivity index (χ3v) is 2.12. The van der Waals surface area contributed by atoms with Gasteiger partial charge in [0.15, 0.2) is 5.82 Å². The molecule has 1 aliphatic heterocycles. The van der Waals surface area contributed by atoms with Crippen LogP contribution in [0.3, 0.4) is 0 Å². The van der Waals surface area contributed by atoms with Gasteiger partial charge in [-0.05, 0) is 19.1 Å². The second-order valence-corrected chi connectivity index (χ2v) is 3.13. The quantitative estimate of drug-likeness (QED) is 0.718. The molecule has 1 fully saturated rings. The molecule has 2 rings (SSSR count). The molecule has 5 nitrogen and oxygen atoms in total. The summed E-state index contributed by atoms with van der Waals surface area (Å²) in [4.78, 5) is 2.19. The van der Waals surface area contributed by atoms with E-state index in [-0.39, 0.29) is 6.15 Å². The summed E-state index contributed by atoms with van der Waals surface area (Å²) in [5.74, 6) is 0.953. The molecule has 0 atom stereocenters. The summed E-state index contributed by atoms with van der Waals surface area (Å²) in [7, 11) is 0. The number of ether oxygens (including phenoxy) is 1. The molecule has 1 aromatic rings. The van der Waals surface area contributed by atoms with E-state index >= 15 is 0 Å². The highest BCUT2D eigenvalue weighted by Gasteiger charge is 2.11. The summed E-state index contributed by atoms with van der Waals surface area (Å²) in [6.07, 6.45) is 0. The summed E-state index contributed by atoms with van der Waals surface area (Å²) in [5, 5.41) is 8.14. The number of aryl methyl sites for hydroxylation is 1. The maximum atomic E-state index is 5.26. The van der Waals surface area contributed by atoms with Crippen molar-refractivity contribution < 1.29 is 4.74 Å². The maximum Gasteiger partial charge on any atom is 0.151 e. The van der Waals surface area contributed by atoms with Crippen LogP contribution < -0.4 is 11.1 Å². The monoisotopic (exact) mass is 196 g/mol. The van der Waals surface area contributed by atoms with Gasteiger partial charge in [-0.15, -0.1) is 5.10 Å². The Balaban J connectivity index is 0.000000980. The first-order valence-electron chi connectivity index (χ1n) is 4.49. The number of hydrogen-bond acceptors (Lipinski definition) is 5. The van der Waals surface area contributed by atoms with E-state index in [0.717, 1.165) is 37.8 Å². The molecule has 0 radical (unpaired) electrons. The minimum atomic E-state index is 0. The Morgan fingerprint density at radius 1 is 1.21 bits per heavy atom. The fraction of sp³-hybridized carbons (Fsp3) is 0.556. The topological polar surface area (TPSA) is 73.2 Å². The van der Waals surface area contributed by atoms with Crippen LogP contribution in [0.2, 0.25) is 0 Å². The lowest BCUT2D eigenvalue weighted by atomic mass is 10.3. The number of rotatable bonds is 1. The van der Waals surface area contributed by atoms with Crippen molar-refractivity contribution in [3.8, 4) is 0 Å². The highest BCUT2D eigenvalue weighted by Crippen LogP contribution is 2.10. The smallest absolute Gasteiger partial charge is 0.151 e. The zero-order chi connectivity index (χ0) is 9.10. The maximum absolute atomic E-state index is 5.26. The van der Waals surface area contributed by atoms with E-state index in [4.69, 9.17) is 4.74 Å². The fourth-order valence-electron chi connectivity index (χ4n) is 1.35. The van der Waals surface area contributed by atoms with E-state index < -0.39 is 0 Å². The van der Waals surface area contributed by atoms with Crippen LogP contribution in [0.15, 0.2) is 12.1 Å². The van der Waals surface area contributed by atoms with E-state index in [9.17, 15) is 0 Å². The Hall–Kier alpha value is -1.20. The van der Waals surface area contributed by atoms with E-state index in [1.54, 1.807) is 0 Å². The van der Waals surface area contributed by atoms with Gasteiger partial charge in [0.05, 0.1) is 18.9 Å². The molecule has 1 aromatic heterocycles. The summed E-state index contributed by atoms with van der Waals surface area (Å²) in [6.45, 7) is 5.34. The Morgan fingerprint density at radius 2 is 1.93 bits per heavy atom. The van der Waals surface area contributed by atoms with Gasteiger partial charge < -0.3 is 15.8 Å². The molecule has 1 saturated heterocycles. The normalized spacial score (nSPS) is 16.2. The molecular formula is C9H16N4O. The predicted octanol–water partition coefficient (Wildman–Crippen LogP) is 0.784. The van der Waals surface area contributed by atoms with Crippen molar-refractivity contribution in [1.82, 2.24) is 16.3 Å². The number of aromatic nitrogens is 2. The van der Waals surface area contributed by atoms with Gasteiger partial charge in [0.2, 0.25) is 0 Å². The number of anilines is 1. The van der Waals surface area contributed by atoms with Crippen LogP contribution in [-0.2, 0) is 4.74 Å². The minimum Gasteiger partial charge on any atom is -0.378 e. The van der Waals surface area contributed by atoms with Crippen molar-refractivity contribution in [3.05, 3.63) is 17.8 Å². The Kier molecular flexibility index (Phi) is 3.79. The van der Waals surface area contributed by atoms with E-state index in [1.165, 1.54) is 0 Å². The summed E-state index contributed by atoms with van der Waals surface area (Å²) in [6, 6.07) is 3.99. The molecule has 0 spiro atoms. The molecule has 0 bridgehead atoms. The molecule has 1 aliphatic rings. The summed E-state index contributed by atoms with van der Waals surface area (Å²) < 4.78 is 5.26. The van der Waals surface area contributed by atoms with Gasteiger partial charge in [-0.2, -0.15) is 5.10 Å². The van der Waals surface area contributed by atoms with Crippen molar-refractivity contribution >= 4 is 5.82 Å². The lowest BCUT2D eigenvalue weighted by molar-refractivity contribution is 0.122. The second kappa shape index (κ2) is 4.88. The highest BCUT2D eigenvalue weighted by molar-refractivity contribution is 5.37. The van der Waals surface area contributed by atoms with Crippen LogP contribution in [0.25, 0.3) is 0 Å². The third kappa shape index (κ3) is 2.40. The molecule has 0 aromatic carbocycles. The fourth-order valence-corrected chi connectivity index (χ4v) is 1.35. The predicted molar refractivity (Wildman–Crippen MR) is 54.8 cm³/mol. The average Bonchev–Trinajstić information content (AvgIpc) is 2.20. The van der Waals surface area contributed by atoms with Crippen LogP contribution in [0.1, 0.15) is 5.69 Å². The summed E-state index contributed by atoms with van der Waals surface area (Å²) >= 11 is 0. The van der Waals surface area contributed by atoms with Crippen LogP contribution in [-0.4, -0.2) is 36.5 Å². The molecule has 0 unspecified atom stereocenters. The SMILES string of the molecule is Cc1ccc(N2CCOCC2)nn1.N. The van der Waals surface area contributed by atoms with Crippen LogP contribution >= 0.6 is 0 Å². The van der Waals surface area contributed by atoms with Crippen LogP contribution in [0.5, 0.6) is 0 Å². The lowest BCUT2D eigenvalue weighted by Gasteiger charge is -2.27. The number of nitrogens with zero attached hydrogens (tertiary/aromatic N) is 3. The molecule has 3 N–H and O–H groups in total. The zero-order valence-corrected chi connectivity index (χ0v) is 8.44. The van der Waals surface area contributed by atoms with Crippen molar-refractivity contribution in [1.29, 1.82) is 0 Å². The highest BCUT2D eigenvalue weighted by atomic mass is 16.5.